The predicted octanol–water partition coefficient (Wildman–Crippen LogP) is 3.23. The van der Waals surface area contributed by atoms with Crippen LogP contribution in [0.25, 0.3) is 10.8 Å². The summed E-state index contributed by atoms with van der Waals surface area (Å²) in [7, 11) is -2.99. The second-order valence-electron chi connectivity index (χ2n) is 6.15. The van der Waals surface area contributed by atoms with Gasteiger partial charge in [-0.3, -0.25) is 0 Å². The molecule has 114 valence electrons. The van der Waals surface area contributed by atoms with Crippen LogP contribution >= 0.6 is 24.0 Å². The Morgan fingerprint density at radius 3 is 2.73 bits per heavy atom. The largest absolute Gasteiger partial charge is 0.319 e. The number of rotatable bonds is 1. The van der Waals surface area contributed by atoms with Crippen molar-refractivity contribution in [3.8, 4) is 0 Å². The Labute approximate surface area is 139 Å². The molecule has 0 spiro atoms. The summed E-state index contributed by atoms with van der Waals surface area (Å²) in [5, 5.41) is 2.34. The Balaban J connectivity index is 1.84. The van der Waals surface area contributed by atoms with Gasteiger partial charge in [0.25, 0.3) is 0 Å². The Hall–Kier alpha value is -1.11. The number of fused-ring (bicyclic) bond motifs is 2. The van der Waals surface area contributed by atoms with Gasteiger partial charge < -0.3 is 4.90 Å². The molecule has 22 heavy (non-hydrogen) atoms. The minimum atomic E-state index is -2.99. The van der Waals surface area contributed by atoms with Gasteiger partial charge in [-0.2, -0.15) is 0 Å². The Morgan fingerprint density at radius 2 is 1.95 bits per heavy atom. The van der Waals surface area contributed by atoms with Crippen molar-refractivity contribution < 1.29 is 8.42 Å². The summed E-state index contributed by atoms with van der Waals surface area (Å²) in [5.41, 5.74) is 0.543. The third-order valence-electron chi connectivity index (χ3n) is 4.54. The third-order valence-corrected chi connectivity index (χ3v) is 8.43. The number of nitrogens with zero attached hydrogens (tertiary/aromatic N) is 1. The molecule has 0 aromatic heterocycles. The SMILES string of the molecule is C[C@@]12CS(=O)(=O)C[C@H]1SC(=S)N2c1ccc2ccccc2c1. The molecule has 0 saturated carbocycles. The molecule has 0 radical (unpaired) electrons. The van der Waals surface area contributed by atoms with Crippen LogP contribution in [-0.4, -0.2) is 35.0 Å². The van der Waals surface area contributed by atoms with E-state index in [-0.39, 0.29) is 16.8 Å². The van der Waals surface area contributed by atoms with Crippen LogP contribution in [0, 0.1) is 0 Å². The lowest BCUT2D eigenvalue weighted by molar-refractivity contribution is 0.550. The van der Waals surface area contributed by atoms with E-state index in [2.05, 4.69) is 29.2 Å². The second-order valence-corrected chi connectivity index (χ2v) is 10.1. The lowest BCUT2D eigenvalue weighted by atomic mass is 9.98. The van der Waals surface area contributed by atoms with Gasteiger partial charge in [-0.05, 0) is 29.8 Å². The summed E-state index contributed by atoms with van der Waals surface area (Å²) in [5.74, 6) is 0.392. The van der Waals surface area contributed by atoms with Gasteiger partial charge in [-0.1, -0.05) is 54.3 Å². The maximum atomic E-state index is 12.1. The van der Waals surface area contributed by atoms with Crippen molar-refractivity contribution >= 4 is 54.6 Å². The zero-order chi connectivity index (χ0) is 15.5. The number of sulfone groups is 1. The number of thioether (sulfide) groups is 1. The van der Waals surface area contributed by atoms with E-state index in [1.165, 1.54) is 17.1 Å². The van der Waals surface area contributed by atoms with E-state index in [9.17, 15) is 8.42 Å². The van der Waals surface area contributed by atoms with Crippen molar-refractivity contribution in [2.45, 2.75) is 17.7 Å². The first-order valence-corrected chi connectivity index (χ1v) is 10.2. The molecule has 4 rings (SSSR count). The van der Waals surface area contributed by atoms with Crippen LogP contribution in [0.2, 0.25) is 0 Å². The lowest BCUT2D eigenvalue weighted by Gasteiger charge is -2.34. The molecule has 6 heteroatoms. The van der Waals surface area contributed by atoms with Gasteiger partial charge in [0.15, 0.2) is 9.84 Å². The average Bonchev–Trinajstić information content (AvgIpc) is 2.81. The Morgan fingerprint density at radius 1 is 1.23 bits per heavy atom. The molecule has 2 atom stereocenters. The zero-order valence-electron chi connectivity index (χ0n) is 12.0. The first kappa shape index (κ1) is 14.5. The molecule has 2 aromatic carbocycles. The first-order chi connectivity index (χ1) is 10.4. The molecule has 2 aromatic rings. The molecular formula is C16H15NO2S3. The van der Waals surface area contributed by atoms with E-state index >= 15 is 0 Å². The molecule has 2 saturated heterocycles. The van der Waals surface area contributed by atoms with E-state index in [0.29, 0.717) is 0 Å². The van der Waals surface area contributed by atoms with Crippen molar-refractivity contribution in [1.82, 2.24) is 0 Å². The van der Waals surface area contributed by atoms with E-state index < -0.39 is 15.4 Å². The quantitative estimate of drug-likeness (QED) is 0.739. The van der Waals surface area contributed by atoms with Gasteiger partial charge in [-0.15, -0.1) is 0 Å². The van der Waals surface area contributed by atoms with E-state index in [1.807, 2.05) is 25.1 Å². The molecule has 0 N–H and O–H groups in total. The number of anilines is 1. The standard InChI is InChI=1S/C16H15NO2S3/c1-16-10-22(18,19)9-14(16)21-15(20)17(16)13-7-6-11-4-2-3-5-12(11)8-13/h2-8,14H,9-10H2,1H3/t14-,16-/m1/s1. The molecule has 2 fully saturated rings. The average molecular weight is 350 g/mol. The van der Waals surface area contributed by atoms with Crippen LogP contribution < -0.4 is 4.90 Å². The van der Waals surface area contributed by atoms with Crippen LogP contribution in [-0.2, 0) is 9.84 Å². The molecular weight excluding hydrogens is 334 g/mol. The summed E-state index contributed by atoms with van der Waals surface area (Å²) in [6, 6.07) is 14.4. The predicted molar refractivity (Wildman–Crippen MR) is 97.5 cm³/mol. The smallest absolute Gasteiger partial charge is 0.153 e. The number of hydrogen-bond donors (Lipinski definition) is 0. The Kier molecular flexibility index (Phi) is 3.09. The molecule has 0 amide bonds. The van der Waals surface area contributed by atoms with Crippen molar-refractivity contribution in [2.24, 2.45) is 0 Å². The minimum Gasteiger partial charge on any atom is -0.319 e. The van der Waals surface area contributed by atoms with Crippen LogP contribution in [0.3, 0.4) is 0 Å². The summed E-state index contributed by atoms with van der Waals surface area (Å²) in [6.07, 6.45) is 0. The van der Waals surface area contributed by atoms with Gasteiger partial charge in [0.05, 0.1) is 22.3 Å². The molecule has 2 aliphatic rings. The van der Waals surface area contributed by atoms with Crippen LogP contribution in [0.4, 0.5) is 5.69 Å². The van der Waals surface area contributed by atoms with Gasteiger partial charge in [0.1, 0.15) is 4.32 Å². The maximum absolute atomic E-state index is 12.1. The van der Waals surface area contributed by atoms with Crippen molar-refractivity contribution in [1.29, 1.82) is 0 Å². The Bertz CT molecular complexity index is 893. The van der Waals surface area contributed by atoms with Gasteiger partial charge >= 0.3 is 0 Å². The maximum Gasteiger partial charge on any atom is 0.153 e. The summed E-state index contributed by atoms with van der Waals surface area (Å²) in [6.45, 7) is 2.02. The van der Waals surface area contributed by atoms with Crippen LogP contribution in [0.1, 0.15) is 6.92 Å². The number of benzene rings is 2. The fraction of sp³-hybridized carbons (Fsp3) is 0.312. The topological polar surface area (TPSA) is 37.4 Å². The highest BCUT2D eigenvalue weighted by Gasteiger charge is 2.57. The third kappa shape index (κ3) is 2.08. The molecule has 3 nitrogen and oxygen atoms in total. The van der Waals surface area contributed by atoms with Gasteiger partial charge in [-0.25, -0.2) is 8.42 Å². The van der Waals surface area contributed by atoms with E-state index in [0.717, 1.165) is 15.4 Å². The zero-order valence-corrected chi connectivity index (χ0v) is 14.5. The lowest BCUT2D eigenvalue weighted by Crippen LogP contribution is -2.49. The summed E-state index contributed by atoms with van der Waals surface area (Å²) in [4.78, 5) is 2.05. The van der Waals surface area contributed by atoms with Crippen LogP contribution in [0.15, 0.2) is 42.5 Å². The van der Waals surface area contributed by atoms with Crippen molar-refractivity contribution in [3.05, 3.63) is 42.5 Å². The normalized spacial score (nSPS) is 30.0. The highest BCUT2D eigenvalue weighted by molar-refractivity contribution is 8.24. The first-order valence-electron chi connectivity index (χ1n) is 7.09. The molecule has 0 aliphatic carbocycles. The van der Waals surface area contributed by atoms with Crippen molar-refractivity contribution in [2.75, 3.05) is 16.4 Å². The molecule has 0 unspecified atom stereocenters. The summed E-state index contributed by atoms with van der Waals surface area (Å²) >= 11 is 7.06. The van der Waals surface area contributed by atoms with E-state index in [1.54, 1.807) is 0 Å². The highest BCUT2D eigenvalue weighted by atomic mass is 32.2. The minimum absolute atomic E-state index is 0.0245. The fourth-order valence-corrected chi connectivity index (χ4v) is 8.40. The number of thiocarbonyl (C=S) groups is 1. The van der Waals surface area contributed by atoms with Gasteiger partial charge in [0.2, 0.25) is 0 Å². The highest BCUT2D eigenvalue weighted by Crippen LogP contribution is 2.48. The van der Waals surface area contributed by atoms with Crippen molar-refractivity contribution in [3.63, 3.8) is 0 Å². The molecule has 0 bridgehead atoms. The monoisotopic (exact) mass is 349 g/mol. The fourth-order valence-electron chi connectivity index (χ4n) is 3.48. The number of hydrogen-bond acceptors (Lipinski definition) is 4. The van der Waals surface area contributed by atoms with Gasteiger partial charge in [0, 0.05) is 5.69 Å². The molecule has 2 heterocycles. The van der Waals surface area contributed by atoms with Crippen LogP contribution in [0.5, 0.6) is 0 Å². The summed E-state index contributed by atoms with van der Waals surface area (Å²) < 4.78 is 24.9. The second kappa shape index (κ2) is 4.69. The van der Waals surface area contributed by atoms with E-state index in [4.69, 9.17) is 12.2 Å². The molecule has 2 aliphatic heterocycles.